The Balaban J connectivity index is 1.54. The first-order chi connectivity index (χ1) is 15.9. The lowest BCUT2D eigenvalue weighted by molar-refractivity contribution is -0.121. The quantitative estimate of drug-likeness (QED) is 0.617. The summed E-state index contributed by atoms with van der Waals surface area (Å²) in [6, 6.07) is 6.49. The van der Waals surface area contributed by atoms with Gasteiger partial charge in [0, 0.05) is 24.2 Å². The summed E-state index contributed by atoms with van der Waals surface area (Å²) < 4.78 is 61.5. The lowest BCUT2D eigenvalue weighted by Crippen LogP contribution is -2.46. The molecule has 0 spiro atoms. The summed E-state index contributed by atoms with van der Waals surface area (Å²) in [6.07, 6.45) is 7.56. The van der Waals surface area contributed by atoms with Gasteiger partial charge in [-0.25, -0.2) is 18.1 Å². The minimum Gasteiger partial charge on any atom is -0.323 e. The molecule has 2 aromatic rings. The third kappa shape index (κ3) is 4.40. The van der Waals surface area contributed by atoms with Gasteiger partial charge in [0.1, 0.15) is 5.54 Å². The summed E-state index contributed by atoms with van der Waals surface area (Å²) in [5.41, 5.74) is -4.95. The zero-order valence-corrected chi connectivity index (χ0v) is 19.2. The molecule has 1 aliphatic heterocycles. The average Bonchev–Trinajstić information content (AvgIpc) is 3.01. The van der Waals surface area contributed by atoms with Gasteiger partial charge in [-0.2, -0.15) is 13.2 Å². The third-order valence-corrected chi connectivity index (χ3v) is 7.90. The first-order valence-corrected chi connectivity index (χ1v) is 12.4. The first kappa shape index (κ1) is 24.2. The van der Waals surface area contributed by atoms with Crippen LogP contribution in [0.4, 0.5) is 23.7 Å². The molecule has 182 valence electrons. The topological polar surface area (TPSA) is 96.4 Å². The van der Waals surface area contributed by atoms with Crippen molar-refractivity contribution in [1.82, 2.24) is 10.3 Å². The van der Waals surface area contributed by atoms with Gasteiger partial charge in [-0.05, 0) is 61.7 Å². The fraction of sp³-hybridized carbons (Fsp3) is 0.435. The molecule has 1 saturated carbocycles. The maximum Gasteiger partial charge on any atom is 0.501 e. The Labute approximate surface area is 195 Å². The number of hydrogen-bond donors (Lipinski definition) is 1. The predicted molar refractivity (Wildman–Crippen MR) is 118 cm³/mol. The molecule has 7 nitrogen and oxygen atoms in total. The van der Waals surface area contributed by atoms with E-state index in [1.165, 1.54) is 6.42 Å². The van der Waals surface area contributed by atoms with Crippen molar-refractivity contribution in [3.05, 3.63) is 53.9 Å². The minimum absolute atomic E-state index is 0.0232. The van der Waals surface area contributed by atoms with Crippen LogP contribution in [-0.2, 0) is 21.1 Å². The lowest BCUT2D eigenvalue weighted by Gasteiger charge is -2.24. The molecule has 0 radical (unpaired) electrons. The Bertz CT molecular complexity index is 1210. The fourth-order valence-corrected chi connectivity index (χ4v) is 5.34. The number of sulfone groups is 1. The lowest BCUT2D eigenvalue weighted by atomic mass is 9.85. The van der Waals surface area contributed by atoms with E-state index in [4.69, 9.17) is 0 Å². The van der Waals surface area contributed by atoms with E-state index in [0.29, 0.717) is 5.92 Å². The van der Waals surface area contributed by atoms with Gasteiger partial charge < -0.3 is 5.32 Å². The zero-order chi connectivity index (χ0) is 24.7. The number of urea groups is 1. The molecule has 2 fully saturated rings. The number of halogens is 3. The van der Waals surface area contributed by atoms with Crippen LogP contribution in [0.3, 0.4) is 0 Å². The zero-order valence-electron chi connectivity index (χ0n) is 18.4. The number of rotatable bonds is 5. The molecule has 1 atom stereocenters. The molecular weight excluding hydrogens is 471 g/mol. The smallest absolute Gasteiger partial charge is 0.323 e. The summed E-state index contributed by atoms with van der Waals surface area (Å²) >= 11 is 0. The van der Waals surface area contributed by atoms with Crippen LogP contribution >= 0.6 is 0 Å². The van der Waals surface area contributed by atoms with Crippen LogP contribution in [0.25, 0.3) is 0 Å². The maximum atomic E-state index is 13.2. The van der Waals surface area contributed by atoms with Crippen molar-refractivity contribution in [1.29, 1.82) is 0 Å². The second-order valence-electron chi connectivity index (χ2n) is 8.95. The number of benzene rings is 1. The van der Waals surface area contributed by atoms with E-state index in [1.807, 2.05) is 6.07 Å². The van der Waals surface area contributed by atoms with Crippen molar-refractivity contribution in [3.8, 4) is 0 Å². The highest BCUT2D eigenvalue weighted by atomic mass is 32.2. The normalized spacial score (nSPS) is 22.2. The Morgan fingerprint density at radius 1 is 1.09 bits per heavy atom. The van der Waals surface area contributed by atoms with Crippen molar-refractivity contribution in [2.45, 2.75) is 67.3 Å². The molecule has 1 N–H and O–H groups in total. The van der Waals surface area contributed by atoms with Gasteiger partial charge in [-0.3, -0.25) is 9.78 Å². The van der Waals surface area contributed by atoms with Crippen molar-refractivity contribution in [2.24, 2.45) is 0 Å². The van der Waals surface area contributed by atoms with Crippen LogP contribution in [0.5, 0.6) is 0 Å². The number of carbonyl (C=O) groups is 2. The average molecular weight is 496 g/mol. The molecule has 1 aromatic carbocycles. The number of pyridine rings is 1. The number of anilines is 1. The second-order valence-corrected chi connectivity index (χ2v) is 10.9. The molecular formula is C23H24F3N3O4S. The van der Waals surface area contributed by atoms with E-state index < -0.39 is 37.7 Å². The molecule has 0 bridgehead atoms. The summed E-state index contributed by atoms with van der Waals surface area (Å²) in [5.74, 6) is -0.210. The predicted octanol–water partition coefficient (Wildman–Crippen LogP) is 4.48. The number of nitrogens with zero attached hydrogens (tertiary/aromatic N) is 2. The molecule has 3 amide bonds. The Morgan fingerprint density at radius 3 is 2.35 bits per heavy atom. The van der Waals surface area contributed by atoms with Gasteiger partial charge in [-0.1, -0.05) is 19.3 Å². The largest absolute Gasteiger partial charge is 0.501 e. The highest BCUT2D eigenvalue weighted by Crippen LogP contribution is 2.34. The second kappa shape index (κ2) is 8.68. The standard InChI is InChI=1S/C23H24F3N3O4S/c1-22(14-15-11-12-27-19(13-15)16-5-3-2-4-6-16)20(30)29(21(31)28-22)17-7-9-18(10-8-17)34(32,33)23(24,25)26/h7-13,16H,2-6,14H2,1H3,(H,28,31). The summed E-state index contributed by atoms with van der Waals surface area (Å²) in [4.78, 5) is 30.2. The number of imide groups is 1. The third-order valence-electron chi connectivity index (χ3n) is 6.40. The number of aromatic nitrogens is 1. The Kier molecular flexibility index (Phi) is 6.17. The van der Waals surface area contributed by atoms with Crippen LogP contribution in [0.2, 0.25) is 0 Å². The summed E-state index contributed by atoms with van der Waals surface area (Å²) in [5, 5.41) is 2.66. The minimum atomic E-state index is -5.53. The van der Waals surface area contributed by atoms with E-state index in [0.717, 1.165) is 66.1 Å². The van der Waals surface area contributed by atoms with Crippen LogP contribution in [0.15, 0.2) is 47.5 Å². The molecule has 4 rings (SSSR count). The highest BCUT2D eigenvalue weighted by Gasteiger charge is 2.49. The van der Waals surface area contributed by atoms with Crippen LogP contribution in [0, 0.1) is 0 Å². The van der Waals surface area contributed by atoms with Gasteiger partial charge in [0.05, 0.1) is 10.6 Å². The van der Waals surface area contributed by atoms with Gasteiger partial charge in [0.25, 0.3) is 15.7 Å². The number of amides is 3. The van der Waals surface area contributed by atoms with Gasteiger partial charge in [0.2, 0.25) is 0 Å². The van der Waals surface area contributed by atoms with Crippen LogP contribution in [0.1, 0.15) is 56.2 Å². The first-order valence-electron chi connectivity index (χ1n) is 11.0. The van der Waals surface area contributed by atoms with Gasteiger partial charge >= 0.3 is 11.5 Å². The van der Waals surface area contributed by atoms with E-state index in [9.17, 15) is 31.2 Å². The van der Waals surface area contributed by atoms with E-state index >= 15 is 0 Å². The SMILES string of the molecule is CC1(Cc2ccnc(C3CCCCC3)c2)NC(=O)N(c2ccc(S(=O)(=O)C(F)(F)F)cc2)C1=O. The van der Waals surface area contributed by atoms with Gasteiger partial charge in [-0.15, -0.1) is 0 Å². The van der Waals surface area contributed by atoms with Crippen LogP contribution < -0.4 is 10.2 Å². The van der Waals surface area contributed by atoms with Crippen molar-refractivity contribution in [3.63, 3.8) is 0 Å². The fourth-order valence-electron chi connectivity index (χ4n) is 4.58. The summed E-state index contributed by atoms with van der Waals surface area (Å²) in [7, 11) is -5.53. The molecule has 11 heteroatoms. The van der Waals surface area contributed by atoms with Gasteiger partial charge in [0.15, 0.2) is 0 Å². The number of carbonyl (C=O) groups excluding carboxylic acids is 2. The summed E-state index contributed by atoms with van der Waals surface area (Å²) in [6.45, 7) is 1.58. The molecule has 2 heterocycles. The molecule has 1 saturated heterocycles. The van der Waals surface area contributed by atoms with E-state index in [1.54, 1.807) is 19.2 Å². The molecule has 1 unspecified atom stereocenters. The number of alkyl halides is 3. The van der Waals surface area contributed by atoms with E-state index in [-0.39, 0.29) is 12.1 Å². The van der Waals surface area contributed by atoms with Crippen molar-refractivity contribution in [2.75, 3.05) is 4.90 Å². The molecule has 2 aliphatic rings. The monoisotopic (exact) mass is 495 g/mol. The molecule has 1 aromatic heterocycles. The number of hydrogen-bond acceptors (Lipinski definition) is 5. The molecule has 34 heavy (non-hydrogen) atoms. The Morgan fingerprint density at radius 2 is 1.74 bits per heavy atom. The highest BCUT2D eigenvalue weighted by molar-refractivity contribution is 7.92. The van der Waals surface area contributed by atoms with E-state index in [2.05, 4.69) is 10.3 Å². The Hall–Kier alpha value is -2.95. The van der Waals surface area contributed by atoms with Crippen molar-refractivity contribution < 1.29 is 31.2 Å². The maximum absolute atomic E-state index is 13.2. The van der Waals surface area contributed by atoms with Crippen molar-refractivity contribution >= 4 is 27.5 Å². The van der Waals surface area contributed by atoms with Crippen LogP contribution in [-0.4, -0.2) is 36.4 Å². The molecule has 1 aliphatic carbocycles. The number of nitrogens with one attached hydrogen (secondary N) is 1.